The molecule has 120 valence electrons. The molecule has 23 heavy (non-hydrogen) atoms. The summed E-state index contributed by atoms with van der Waals surface area (Å²) in [5.41, 5.74) is -0.676. The molecule has 0 spiro atoms. The number of non-ortho nitro benzene ring substituents is 2. The monoisotopic (exact) mass is 358 g/mol. The number of halogens is 2. The Labute approximate surface area is 138 Å². The van der Waals surface area contributed by atoms with Crippen molar-refractivity contribution in [1.82, 2.24) is 0 Å². The highest BCUT2D eigenvalue weighted by Crippen LogP contribution is 2.38. The molecule has 0 saturated heterocycles. The average Bonchev–Trinajstić information content (AvgIpc) is 2.47. The Morgan fingerprint density at radius 2 is 1.17 bits per heavy atom. The zero-order valence-electron chi connectivity index (χ0n) is 11.2. The minimum atomic E-state index is -0.699. The minimum absolute atomic E-state index is 0.0241. The smallest absolute Gasteiger partial charge is 0.271 e. The molecule has 0 aliphatic rings. The normalized spacial score (nSPS) is 10.5. The van der Waals surface area contributed by atoms with Gasteiger partial charge in [0.2, 0.25) is 0 Å². The van der Waals surface area contributed by atoms with Crippen molar-refractivity contribution in [2.45, 2.75) is 6.42 Å². The van der Waals surface area contributed by atoms with E-state index >= 15 is 0 Å². The molecule has 0 aliphatic carbocycles. The Morgan fingerprint density at radius 3 is 1.48 bits per heavy atom. The van der Waals surface area contributed by atoms with E-state index in [1.807, 2.05) is 0 Å². The van der Waals surface area contributed by atoms with E-state index in [2.05, 4.69) is 0 Å². The summed E-state index contributed by atoms with van der Waals surface area (Å²) in [7, 11) is 0. The second kappa shape index (κ2) is 6.27. The third kappa shape index (κ3) is 3.43. The van der Waals surface area contributed by atoms with Crippen molar-refractivity contribution in [3.05, 3.63) is 65.7 Å². The Bertz CT molecular complexity index is 757. The van der Waals surface area contributed by atoms with E-state index < -0.39 is 21.3 Å². The predicted octanol–water partition coefficient (Wildman–Crippen LogP) is 3.81. The van der Waals surface area contributed by atoms with Crippen LogP contribution < -0.4 is 0 Å². The lowest BCUT2D eigenvalue weighted by atomic mass is 10.0. The number of nitro benzene ring substituents is 2. The lowest BCUT2D eigenvalue weighted by Crippen LogP contribution is -1.96. The molecule has 0 unspecified atom stereocenters. The first kappa shape index (κ1) is 16.8. The zero-order valence-corrected chi connectivity index (χ0v) is 12.7. The van der Waals surface area contributed by atoms with Crippen LogP contribution in [-0.4, -0.2) is 20.1 Å². The summed E-state index contributed by atoms with van der Waals surface area (Å²) in [6, 6.07) is 4.07. The average molecular weight is 359 g/mol. The van der Waals surface area contributed by atoms with Gasteiger partial charge < -0.3 is 10.2 Å². The van der Waals surface area contributed by atoms with E-state index in [-0.39, 0.29) is 39.0 Å². The van der Waals surface area contributed by atoms with Gasteiger partial charge in [-0.1, -0.05) is 23.2 Å². The largest absolute Gasteiger partial charge is 0.506 e. The molecule has 0 bridgehead atoms. The summed E-state index contributed by atoms with van der Waals surface area (Å²) in [5, 5.41) is 41.0. The first-order valence-corrected chi connectivity index (χ1v) is 6.78. The molecule has 0 atom stereocenters. The molecule has 0 saturated carbocycles. The van der Waals surface area contributed by atoms with Gasteiger partial charge in [-0.25, -0.2) is 0 Å². The lowest BCUT2D eigenvalue weighted by Gasteiger charge is -2.09. The van der Waals surface area contributed by atoms with Crippen molar-refractivity contribution < 1.29 is 20.1 Å². The van der Waals surface area contributed by atoms with Gasteiger partial charge in [0, 0.05) is 41.8 Å². The van der Waals surface area contributed by atoms with Crippen LogP contribution in [0.4, 0.5) is 11.4 Å². The molecule has 2 N–H and O–H groups in total. The third-order valence-corrected chi connectivity index (χ3v) is 3.63. The molecule has 10 heteroatoms. The van der Waals surface area contributed by atoms with E-state index in [9.17, 15) is 30.4 Å². The Hall–Kier alpha value is -2.58. The van der Waals surface area contributed by atoms with Crippen LogP contribution >= 0.6 is 23.2 Å². The predicted molar refractivity (Wildman–Crippen MR) is 82.3 cm³/mol. The van der Waals surface area contributed by atoms with Crippen molar-refractivity contribution in [2.24, 2.45) is 0 Å². The van der Waals surface area contributed by atoms with Gasteiger partial charge in [0.25, 0.3) is 11.4 Å². The fraction of sp³-hybridized carbons (Fsp3) is 0.0769. The highest BCUT2D eigenvalue weighted by atomic mass is 35.5. The van der Waals surface area contributed by atoms with Crippen LogP contribution in [0.2, 0.25) is 10.0 Å². The van der Waals surface area contributed by atoms with E-state index in [0.717, 1.165) is 24.3 Å². The quantitative estimate of drug-likeness (QED) is 0.631. The molecule has 2 rings (SSSR count). The van der Waals surface area contributed by atoms with E-state index in [0.29, 0.717) is 0 Å². The molecule has 2 aromatic rings. The lowest BCUT2D eigenvalue weighted by molar-refractivity contribution is -0.385. The van der Waals surface area contributed by atoms with Crippen LogP contribution in [0.5, 0.6) is 11.5 Å². The maximum absolute atomic E-state index is 10.8. The molecule has 0 heterocycles. The van der Waals surface area contributed by atoms with Crippen LogP contribution in [-0.2, 0) is 6.42 Å². The van der Waals surface area contributed by atoms with Crippen LogP contribution in [0.25, 0.3) is 0 Å². The van der Waals surface area contributed by atoms with Crippen LogP contribution in [0.3, 0.4) is 0 Å². The maximum atomic E-state index is 10.8. The highest BCUT2D eigenvalue weighted by molar-refractivity contribution is 6.32. The molecule has 2 aromatic carbocycles. The Morgan fingerprint density at radius 1 is 0.826 bits per heavy atom. The van der Waals surface area contributed by atoms with Gasteiger partial charge in [-0.05, 0) is 0 Å². The first-order chi connectivity index (χ1) is 10.7. The van der Waals surface area contributed by atoms with Gasteiger partial charge in [-0.15, -0.1) is 0 Å². The number of phenolic OH excluding ortho intramolecular Hbond substituents is 2. The van der Waals surface area contributed by atoms with Crippen molar-refractivity contribution in [3.8, 4) is 11.5 Å². The van der Waals surface area contributed by atoms with Gasteiger partial charge >= 0.3 is 0 Å². The Balaban J connectivity index is 2.55. The second-order valence-corrected chi connectivity index (χ2v) is 5.38. The number of hydrogen-bond acceptors (Lipinski definition) is 6. The summed E-state index contributed by atoms with van der Waals surface area (Å²) in [6.45, 7) is 0. The number of nitrogens with zero attached hydrogens (tertiary/aromatic N) is 2. The molecular formula is C13H8Cl2N2O6. The molecule has 8 nitrogen and oxygen atoms in total. The molecule has 0 amide bonds. The van der Waals surface area contributed by atoms with Crippen molar-refractivity contribution in [2.75, 3.05) is 0 Å². The van der Waals surface area contributed by atoms with Crippen molar-refractivity contribution in [1.29, 1.82) is 0 Å². The van der Waals surface area contributed by atoms with E-state index in [4.69, 9.17) is 23.2 Å². The first-order valence-electron chi connectivity index (χ1n) is 6.02. The van der Waals surface area contributed by atoms with Crippen LogP contribution in [0.1, 0.15) is 11.1 Å². The number of nitro groups is 2. The van der Waals surface area contributed by atoms with E-state index in [1.54, 1.807) is 0 Å². The number of phenols is 2. The number of aromatic hydroxyl groups is 2. The van der Waals surface area contributed by atoms with Crippen LogP contribution in [0.15, 0.2) is 24.3 Å². The summed E-state index contributed by atoms with van der Waals surface area (Å²) in [4.78, 5) is 20.3. The molecule has 0 fully saturated rings. The van der Waals surface area contributed by atoms with Gasteiger partial charge in [-0.2, -0.15) is 0 Å². The molecule has 0 aliphatic heterocycles. The number of hydrogen-bond donors (Lipinski definition) is 2. The fourth-order valence-corrected chi connectivity index (χ4v) is 2.43. The van der Waals surface area contributed by atoms with Crippen molar-refractivity contribution >= 4 is 34.6 Å². The number of rotatable bonds is 4. The summed E-state index contributed by atoms with van der Waals surface area (Å²) < 4.78 is 0. The molecule has 0 aromatic heterocycles. The van der Waals surface area contributed by atoms with E-state index in [1.165, 1.54) is 0 Å². The standard InChI is InChI=1S/C13H8Cl2N2O6/c14-10-4-8(16(20)21)2-6(12(10)18)1-7-3-9(17(22)23)5-11(15)13(7)19/h2-5,18-19H,1H2. The zero-order chi connectivity index (χ0) is 17.3. The van der Waals surface area contributed by atoms with Gasteiger partial charge in [-0.3, -0.25) is 20.2 Å². The minimum Gasteiger partial charge on any atom is -0.506 e. The fourth-order valence-electron chi connectivity index (χ4n) is 1.97. The molecule has 0 radical (unpaired) electrons. The summed E-state index contributed by atoms with van der Waals surface area (Å²) >= 11 is 11.5. The third-order valence-electron chi connectivity index (χ3n) is 3.06. The second-order valence-electron chi connectivity index (χ2n) is 4.56. The number of benzene rings is 2. The van der Waals surface area contributed by atoms with Gasteiger partial charge in [0.1, 0.15) is 11.5 Å². The van der Waals surface area contributed by atoms with Gasteiger partial charge in [0.05, 0.1) is 19.9 Å². The SMILES string of the molecule is O=[N+]([O-])c1cc(Cl)c(O)c(Cc2cc([N+](=O)[O-])cc(Cl)c2O)c1. The van der Waals surface area contributed by atoms with Crippen LogP contribution in [0, 0.1) is 20.2 Å². The summed E-state index contributed by atoms with van der Waals surface area (Å²) in [6.07, 6.45) is -0.236. The van der Waals surface area contributed by atoms with Gasteiger partial charge in [0.15, 0.2) is 0 Å². The summed E-state index contributed by atoms with van der Waals surface area (Å²) in [5.74, 6) is -0.835. The van der Waals surface area contributed by atoms with Crippen molar-refractivity contribution in [3.63, 3.8) is 0 Å². The topological polar surface area (TPSA) is 127 Å². The molecular weight excluding hydrogens is 351 g/mol. The highest BCUT2D eigenvalue weighted by Gasteiger charge is 2.20. The Kier molecular flexibility index (Phi) is 4.57. The maximum Gasteiger partial charge on any atom is 0.271 e.